The largest absolute Gasteiger partial charge is 0.447 e. The molecule has 29 heavy (non-hydrogen) atoms. The highest BCUT2D eigenvalue weighted by molar-refractivity contribution is 7.80. The number of likely N-dealkylation sites (tertiary alicyclic amines) is 2. The van der Waals surface area contributed by atoms with Crippen LogP contribution in [0.4, 0.5) is 4.79 Å². The number of carbonyl (C=O) groups is 2. The molecule has 2 saturated heterocycles. The van der Waals surface area contributed by atoms with E-state index < -0.39 is 6.04 Å². The zero-order chi connectivity index (χ0) is 21.6. The van der Waals surface area contributed by atoms with E-state index in [4.69, 9.17) is 22.7 Å². The first-order chi connectivity index (χ1) is 13.7. The monoisotopic (exact) mass is 426 g/mol. The fourth-order valence-electron chi connectivity index (χ4n) is 3.99. The van der Waals surface area contributed by atoms with Crippen molar-refractivity contribution in [2.24, 2.45) is 17.1 Å². The normalized spacial score (nSPS) is 20.9. The van der Waals surface area contributed by atoms with Gasteiger partial charge in [0.05, 0.1) is 11.0 Å². The average Bonchev–Trinajstić information content (AvgIpc) is 3.10. The van der Waals surface area contributed by atoms with Gasteiger partial charge in [0.1, 0.15) is 12.6 Å². The molecule has 2 aliphatic heterocycles. The average molecular weight is 427 g/mol. The first-order valence-electron chi connectivity index (χ1n) is 10.9. The van der Waals surface area contributed by atoms with Crippen LogP contribution in [0.2, 0.25) is 0 Å². The van der Waals surface area contributed by atoms with Crippen LogP contribution in [-0.2, 0) is 9.53 Å². The maximum atomic E-state index is 13.3. The molecule has 0 saturated carbocycles. The van der Waals surface area contributed by atoms with E-state index in [0.717, 1.165) is 25.9 Å². The highest BCUT2D eigenvalue weighted by Crippen LogP contribution is 2.27. The fourth-order valence-corrected chi connectivity index (χ4v) is 4.10. The van der Waals surface area contributed by atoms with Gasteiger partial charge in [0, 0.05) is 26.2 Å². The van der Waals surface area contributed by atoms with Gasteiger partial charge < -0.3 is 25.6 Å². The quantitative estimate of drug-likeness (QED) is 0.580. The maximum absolute atomic E-state index is 13.3. The van der Waals surface area contributed by atoms with Crippen LogP contribution in [0.3, 0.4) is 0 Å². The van der Waals surface area contributed by atoms with Crippen molar-refractivity contribution >= 4 is 29.2 Å². The second-order valence-electron chi connectivity index (χ2n) is 9.39. The highest BCUT2D eigenvalue weighted by Gasteiger charge is 2.40. The summed E-state index contributed by atoms with van der Waals surface area (Å²) in [5, 5.41) is 3.13. The molecule has 2 rings (SSSR count). The smallest absolute Gasteiger partial charge is 0.409 e. The lowest BCUT2D eigenvalue weighted by atomic mass is 9.85. The van der Waals surface area contributed by atoms with Crippen LogP contribution < -0.4 is 11.1 Å². The van der Waals surface area contributed by atoms with Crippen molar-refractivity contribution in [3.8, 4) is 0 Å². The Morgan fingerprint density at radius 3 is 2.59 bits per heavy atom. The predicted octanol–water partition coefficient (Wildman–Crippen LogP) is 2.53. The van der Waals surface area contributed by atoms with Gasteiger partial charge >= 0.3 is 6.09 Å². The molecule has 0 aromatic heterocycles. The van der Waals surface area contributed by atoms with Crippen molar-refractivity contribution in [3.63, 3.8) is 0 Å². The molecule has 166 valence electrons. The second-order valence-corrected chi connectivity index (χ2v) is 9.88. The Balaban J connectivity index is 1.87. The Labute approximate surface area is 180 Å². The molecule has 8 heteroatoms. The lowest BCUT2D eigenvalue weighted by Gasteiger charge is -2.39. The van der Waals surface area contributed by atoms with Gasteiger partial charge in [0.2, 0.25) is 5.91 Å². The minimum Gasteiger partial charge on any atom is -0.447 e. The van der Waals surface area contributed by atoms with Crippen molar-refractivity contribution < 1.29 is 14.3 Å². The number of nitrogens with one attached hydrogen (secondary N) is 1. The summed E-state index contributed by atoms with van der Waals surface area (Å²) in [5.74, 6) is 0.604. The number of ether oxygens (including phenoxy) is 1. The second kappa shape index (κ2) is 10.6. The molecule has 7 nitrogen and oxygen atoms in total. The zero-order valence-electron chi connectivity index (χ0n) is 18.4. The predicted molar refractivity (Wildman–Crippen MR) is 119 cm³/mol. The van der Waals surface area contributed by atoms with Crippen LogP contribution in [0.1, 0.15) is 59.8 Å². The van der Waals surface area contributed by atoms with E-state index >= 15 is 0 Å². The Bertz CT molecular complexity index is 587. The summed E-state index contributed by atoms with van der Waals surface area (Å²) in [7, 11) is 0. The van der Waals surface area contributed by atoms with Crippen LogP contribution in [0, 0.1) is 11.3 Å². The van der Waals surface area contributed by atoms with Gasteiger partial charge in [-0.05, 0) is 30.6 Å². The topological polar surface area (TPSA) is 87.9 Å². The van der Waals surface area contributed by atoms with Crippen molar-refractivity contribution in [1.29, 1.82) is 0 Å². The standard InChI is InChI=1S/C21H38N4O3S/c1-5-6-8-15-12-24(13-15)20(27)28-14-16-9-7-10-25(16)19(26)18(21(2,3)4)23-17(29)11-22/h15-16,18H,5-14,22H2,1-4H3,(H,23,29)/t16?,18-/m1/s1. The van der Waals surface area contributed by atoms with Gasteiger partial charge in [-0.15, -0.1) is 0 Å². The van der Waals surface area contributed by atoms with E-state index in [1.165, 1.54) is 19.3 Å². The Morgan fingerprint density at radius 1 is 1.31 bits per heavy atom. The van der Waals surface area contributed by atoms with Gasteiger partial charge in [0.15, 0.2) is 0 Å². The zero-order valence-corrected chi connectivity index (χ0v) is 19.2. The van der Waals surface area contributed by atoms with Gasteiger partial charge in [0.25, 0.3) is 0 Å². The van der Waals surface area contributed by atoms with Crippen molar-refractivity contribution in [2.45, 2.75) is 71.9 Å². The summed E-state index contributed by atoms with van der Waals surface area (Å²) >= 11 is 5.21. The number of thiocarbonyl (C=S) groups is 1. The van der Waals surface area contributed by atoms with E-state index in [2.05, 4.69) is 12.2 Å². The number of nitrogens with zero attached hydrogens (tertiary/aromatic N) is 2. The van der Waals surface area contributed by atoms with E-state index in [9.17, 15) is 9.59 Å². The molecular formula is C21H38N4O3S. The molecule has 2 heterocycles. The summed E-state index contributed by atoms with van der Waals surface area (Å²) in [6, 6.07) is -0.536. The Morgan fingerprint density at radius 2 is 2.00 bits per heavy atom. The molecule has 3 N–H and O–H groups in total. The van der Waals surface area contributed by atoms with Crippen molar-refractivity contribution in [2.75, 3.05) is 32.8 Å². The molecule has 0 radical (unpaired) electrons. The molecule has 0 spiro atoms. The lowest BCUT2D eigenvalue weighted by molar-refractivity contribution is -0.137. The Hall–Kier alpha value is -1.41. The first-order valence-corrected chi connectivity index (χ1v) is 11.3. The summed E-state index contributed by atoms with van der Waals surface area (Å²) in [6.45, 7) is 10.9. The van der Waals surface area contributed by atoms with E-state index in [-0.39, 0.29) is 36.6 Å². The summed E-state index contributed by atoms with van der Waals surface area (Å²) in [5.41, 5.74) is 5.30. The van der Waals surface area contributed by atoms with Crippen molar-refractivity contribution in [3.05, 3.63) is 0 Å². The van der Waals surface area contributed by atoms with E-state index in [0.29, 0.717) is 17.5 Å². The molecule has 0 aliphatic carbocycles. The molecule has 2 aliphatic rings. The lowest BCUT2D eigenvalue weighted by Crippen LogP contribution is -2.57. The molecular weight excluding hydrogens is 388 g/mol. The first kappa shape index (κ1) is 23.9. The van der Waals surface area contributed by atoms with Crippen LogP contribution in [0.15, 0.2) is 0 Å². The molecule has 2 fully saturated rings. The minimum absolute atomic E-state index is 0.00423. The van der Waals surface area contributed by atoms with Crippen LogP contribution in [0.25, 0.3) is 0 Å². The van der Waals surface area contributed by atoms with E-state index in [1.54, 1.807) is 4.90 Å². The molecule has 0 aromatic carbocycles. The molecule has 0 aromatic rings. The van der Waals surface area contributed by atoms with Crippen LogP contribution in [0.5, 0.6) is 0 Å². The number of amides is 2. The molecule has 1 unspecified atom stereocenters. The van der Waals surface area contributed by atoms with Gasteiger partial charge in [-0.2, -0.15) is 0 Å². The molecule has 0 bridgehead atoms. The number of nitrogens with two attached hydrogens (primary N) is 1. The van der Waals surface area contributed by atoms with Gasteiger partial charge in [-0.25, -0.2) is 4.79 Å². The number of hydrogen-bond donors (Lipinski definition) is 2. The maximum Gasteiger partial charge on any atom is 0.409 e. The van der Waals surface area contributed by atoms with Crippen molar-refractivity contribution in [1.82, 2.24) is 15.1 Å². The SMILES string of the molecule is CCCCC1CN(C(=O)OCC2CCCN2C(=O)[C@@H](NC(=S)CN)C(C)(C)C)C1. The number of unbranched alkanes of at least 4 members (excludes halogenated alkanes) is 1. The molecule has 2 amide bonds. The highest BCUT2D eigenvalue weighted by atomic mass is 32.1. The fraction of sp³-hybridized carbons (Fsp3) is 0.857. The van der Waals surface area contributed by atoms with Gasteiger partial charge in [-0.1, -0.05) is 52.8 Å². The third kappa shape index (κ3) is 6.54. The number of carbonyl (C=O) groups excluding carboxylic acids is 2. The van der Waals surface area contributed by atoms with Crippen LogP contribution in [-0.4, -0.2) is 71.7 Å². The number of hydrogen-bond acceptors (Lipinski definition) is 5. The van der Waals surface area contributed by atoms with Gasteiger partial charge in [-0.3, -0.25) is 4.79 Å². The third-order valence-electron chi connectivity index (χ3n) is 5.84. The minimum atomic E-state index is -0.454. The summed E-state index contributed by atoms with van der Waals surface area (Å²) in [6.07, 6.45) is 5.07. The third-order valence-corrected chi connectivity index (χ3v) is 6.13. The Kier molecular flexibility index (Phi) is 8.70. The summed E-state index contributed by atoms with van der Waals surface area (Å²) in [4.78, 5) is 29.7. The summed E-state index contributed by atoms with van der Waals surface area (Å²) < 4.78 is 5.56. The number of rotatable bonds is 8. The van der Waals surface area contributed by atoms with Crippen LogP contribution >= 0.6 is 12.2 Å². The molecule has 2 atom stereocenters. The van der Waals surface area contributed by atoms with E-state index in [1.807, 2.05) is 25.7 Å².